The average molecular weight is 364 g/mol. The number of amides is 1. The molecule has 0 bridgehead atoms. The third-order valence-electron chi connectivity index (χ3n) is 5.17. The predicted molar refractivity (Wildman–Crippen MR) is 104 cm³/mol. The Balaban J connectivity index is 1.42. The summed E-state index contributed by atoms with van der Waals surface area (Å²) in [5, 5.41) is 3.09. The topological polar surface area (TPSA) is 50.8 Å². The second-order valence-electron chi connectivity index (χ2n) is 7.03. The van der Waals surface area contributed by atoms with E-state index in [0.29, 0.717) is 17.9 Å². The van der Waals surface area contributed by atoms with E-state index >= 15 is 0 Å². The quantitative estimate of drug-likeness (QED) is 0.827. The van der Waals surface area contributed by atoms with Gasteiger partial charge in [0.2, 0.25) is 0 Å². The Labute approximate surface area is 159 Å². The van der Waals surface area contributed by atoms with Crippen molar-refractivity contribution < 1.29 is 14.3 Å². The van der Waals surface area contributed by atoms with Gasteiger partial charge in [-0.05, 0) is 18.2 Å². The van der Waals surface area contributed by atoms with Crippen molar-refractivity contribution in [2.75, 3.05) is 19.7 Å². The zero-order valence-electron chi connectivity index (χ0n) is 15.3. The van der Waals surface area contributed by atoms with Crippen molar-refractivity contribution in [1.29, 1.82) is 0 Å². The fraction of sp³-hybridized carbons (Fsp3) is 0.318. The Morgan fingerprint density at radius 1 is 1.15 bits per heavy atom. The van der Waals surface area contributed by atoms with Gasteiger partial charge in [-0.1, -0.05) is 43.0 Å². The average Bonchev–Trinajstić information content (AvgIpc) is 2.69. The molecule has 0 aromatic heterocycles. The summed E-state index contributed by atoms with van der Waals surface area (Å²) in [6.07, 6.45) is 3.26. The Morgan fingerprint density at radius 2 is 1.89 bits per heavy atom. The molecule has 2 aliphatic rings. The van der Waals surface area contributed by atoms with Crippen molar-refractivity contribution in [3.63, 3.8) is 0 Å². The SMILES string of the molecule is C=CCOc1ccccc1CN1CCC2(CC1)NC(=O)c1ccccc1O2. The highest BCUT2D eigenvalue weighted by Crippen LogP contribution is 2.34. The number of piperidine rings is 1. The molecule has 0 radical (unpaired) electrons. The maximum Gasteiger partial charge on any atom is 0.258 e. The van der Waals surface area contributed by atoms with Crippen LogP contribution in [0.3, 0.4) is 0 Å². The maximum absolute atomic E-state index is 12.4. The van der Waals surface area contributed by atoms with E-state index in [1.54, 1.807) is 12.1 Å². The van der Waals surface area contributed by atoms with Gasteiger partial charge in [0.1, 0.15) is 18.1 Å². The first-order valence-corrected chi connectivity index (χ1v) is 9.34. The van der Waals surface area contributed by atoms with Gasteiger partial charge in [0.15, 0.2) is 5.72 Å². The van der Waals surface area contributed by atoms with Crippen molar-refractivity contribution in [2.24, 2.45) is 0 Å². The molecule has 1 saturated heterocycles. The third kappa shape index (κ3) is 3.69. The highest BCUT2D eigenvalue weighted by molar-refractivity contribution is 5.98. The molecule has 0 saturated carbocycles. The monoisotopic (exact) mass is 364 g/mol. The molecule has 4 rings (SSSR count). The number of likely N-dealkylation sites (tertiary alicyclic amines) is 1. The second-order valence-corrected chi connectivity index (χ2v) is 7.03. The number of carbonyl (C=O) groups excluding carboxylic acids is 1. The Morgan fingerprint density at radius 3 is 2.70 bits per heavy atom. The normalized spacial score (nSPS) is 18.3. The van der Waals surface area contributed by atoms with Crippen LogP contribution in [0.25, 0.3) is 0 Å². The summed E-state index contributed by atoms with van der Waals surface area (Å²) in [5.74, 6) is 1.53. The fourth-order valence-electron chi connectivity index (χ4n) is 3.72. The Bertz CT molecular complexity index is 841. The van der Waals surface area contributed by atoms with Crippen LogP contribution in [0.1, 0.15) is 28.8 Å². The largest absolute Gasteiger partial charge is 0.489 e. The van der Waals surface area contributed by atoms with Crippen LogP contribution in [0.15, 0.2) is 61.2 Å². The minimum Gasteiger partial charge on any atom is -0.489 e. The van der Waals surface area contributed by atoms with E-state index in [-0.39, 0.29) is 5.91 Å². The van der Waals surface area contributed by atoms with Crippen LogP contribution in [0.4, 0.5) is 0 Å². The molecule has 0 aliphatic carbocycles. The van der Waals surface area contributed by atoms with Gasteiger partial charge in [0, 0.05) is 38.0 Å². The highest BCUT2D eigenvalue weighted by atomic mass is 16.5. The number of benzene rings is 2. The summed E-state index contributed by atoms with van der Waals surface area (Å²) in [6.45, 7) is 6.71. The van der Waals surface area contributed by atoms with E-state index in [0.717, 1.165) is 43.8 Å². The van der Waals surface area contributed by atoms with Crippen LogP contribution >= 0.6 is 0 Å². The third-order valence-corrected chi connectivity index (χ3v) is 5.17. The first-order valence-electron chi connectivity index (χ1n) is 9.34. The second kappa shape index (κ2) is 7.45. The number of fused-ring (bicyclic) bond motifs is 1. The maximum atomic E-state index is 12.4. The van der Waals surface area contributed by atoms with Gasteiger partial charge in [0.25, 0.3) is 5.91 Å². The lowest BCUT2D eigenvalue weighted by Crippen LogP contribution is -2.60. The van der Waals surface area contributed by atoms with Gasteiger partial charge >= 0.3 is 0 Å². The summed E-state index contributed by atoms with van der Waals surface area (Å²) >= 11 is 0. The number of carbonyl (C=O) groups is 1. The summed E-state index contributed by atoms with van der Waals surface area (Å²) in [6, 6.07) is 15.5. The number of para-hydroxylation sites is 2. The molecule has 2 aliphatic heterocycles. The zero-order valence-corrected chi connectivity index (χ0v) is 15.3. The van der Waals surface area contributed by atoms with Crippen molar-refractivity contribution >= 4 is 5.91 Å². The number of hydrogen-bond acceptors (Lipinski definition) is 4. The first kappa shape index (κ1) is 17.6. The molecule has 1 N–H and O–H groups in total. The van der Waals surface area contributed by atoms with Gasteiger partial charge in [-0.3, -0.25) is 9.69 Å². The van der Waals surface area contributed by atoms with Crippen molar-refractivity contribution in [2.45, 2.75) is 25.1 Å². The molecule has 1 amide bonds. The standard InChI is InChI=1S/C22H24N2O3/c1-2-15-26-19-9-5-3-7-17(19)16-24-13-11-22(12-14-24)23-21(25)18-8-4-6-10-20(18)27-22/h2-10H,1,11-16H2,(H,23,25). The molecule has 5 heteroatoms. The number of nitrogens with one attached hydrogen (secondary N) is 1. The minimum atomic E-state index is -0.596. The van der Waals surface area contributed by atoms with Crippen LogP contribution in [0.5, 0.6) is 11.5 Å². The molecule has 0 atom stereocenters. The van der Waals surface area contributed by atoms with E-state index in [1.165, 1.54) is 0 Å². The Kier molecular flexibility index (Phi) is 4.86. The molecule has 2 aromatic rings. The van der Waals surface area contributed by atoms with Gasteiger partial charge in [-0.25, -0.2) is 0 Å². The van der Waals surface area contributed by atoms with Crippen LogP contribution in [-0.4, -0.2) is 36.2 Å². The van der Waals surface area contributed by atoms with Crippen LogP contribution in [-0.2, 0) is 6.54 Å². The lowest BCUT2D eigenvalue weighted by molar-refractivity contribution is -0.0305. The Hall–Kier alpha value is -2.79. The molecule has 27 heavy (non-hydrogen) atoms. The van der Waals surface area contributed by atoms with Gasteiger partial charge in [0.05, 0.1) is 5.56 Å². The molecule has 1 spiro atoms. The molecule has 0 unspecified atom stereocenters. The van der Waals surface area contributed by atoms with E-state index in [2.05, 4.69) is 22.9 Å². The van der Waals surface area contributed by atoms with Gasteiger partial charge in [-0.2, -0.15) is 0 Å². The van der Waals surface area contributed by atoms with E-state index < -0.39 is 5.72 Å². The highest BCUT2D eigenvalue weighted by Gasteiger charge is 2.42. The van der Waals surface area contributed by atoms with Crippen LogP contribution in [0.2, 0.25) is 0 Å². The lowest BCUT2D eigenvalue weighted by Gasteiger charge is -2.44. The lowest BCUT2D eigenvalue weighted by atomic mass is 9.96. The summed E-state index contributed by atoms with van der Waals surface area (Å²) in [7, 11) is 0. The molecule has 140 valence electrons. The summed E-state index contributed by atoms with van der Waals surface area (Å²) in [5.41, 5.74) is 1.17. The predicted octanol–water partition coefficient (Wildman–Crippen LogP) is 3.37. The zero-order chi connectivity index (χ0) is 18.7. The smallest absolute Gasteiger partial charge is 0.258 e. The molecule has 1 fully saturated rings. The molecular formula is C22H24N2O3. The minimum absolute atomic E-state index is 0.0477. The molecule has 2 aromatic carbocycles. The molecular weight excluding hydrogens is 340 g/mol. The molecule has 5 nitrogen and oxygen atoms in total. The summed E-state index contributed by atoms with van der Waals surface area (Å²) in [4.78, 5) is 14.8. The van der Waals surface area contributed by atoms with Crippen LogP contribution in [0, 0.1) is 0 Å². The molecule has 2 heterocycles. The number of rotatable bonds is 5. The number of nitrogens with zero attached hydrogens (tertiary/aromatic N) is 1. The van der Waals surface area contributed by atoms with E-state index in [9.17, 15) is 4.79 Å². The van der Waals surface area contributed by atoms with Crippen molar-refractivity contribution in [3.05, 3.63) is 72.3 Å². The van der Waals surface area contributed by atoms with Gasteiger partial charge in [-0.15, -0.1) is 0 Å². The fourth-order valence-corrected chi connectivity index (χ4v) is 3.72. The van der Waals surface area contributed by atoms with Gasteiger partial charge < -0.3 is 14.8 Å². The number of hydrogen-bond donors (Lipinski definition) is 1. The van der Waals surface area contributed by atoms with Crippen molar-refractivity contribution in [1.82, 2.24) is 10.2 Å². The number of ether oxygens (including phenoxy) is 2. The van der Waals surface area contributed by atoms with Crippen LogP contribution < -0.4 is 14.8 Å². The first-order chi connectivity index (χ1) is 13.2. The summed E-state index contributed by atoms with van der Waals surface area (Å²) < 4.78 is 12.0. The van der Waals surface area contributed by atoms with E-state index in [4.69, 9.17) is 9.47 Å². The van der Waals surface area contributed by atoms with E-state index in [1.807, 2.05) is 36.4 Å². The van der Waals surface area contributed by atoms with Crippen molar-refractivity contribution in [3.8, 4) is 11.5 Å².